The molecule has 8 heteroatoms. The number of pyridine rings is 2. The van der Waals surface area contributed by atoms with Gasteiger partial charge < -0.3 is 14.8 Å². The van der Waals surface area contributed by atoms with Gasteiger partial charge in [0.15, 0.2) is 17.3 Å². The molecule has 34 heavy (non-hydrogen) atoms. The molecule has 0 unspecified atom stereocenters. The second kappa shape index (κ2) is 10.3. The number of aromatic nitrogens is 2. The normalized spacial score (nSPS) is 14.8. The maximum Gasteiger partial charge on any atom is 0.266 e. The molecule has 0 radical (unpaired) electrons. The fourth-order valence-corrected chi connectivity index (χ4v) is 4.27. The van der Waals surface area contributed by atoms with Crippen molar-refractivity contribution in [2.45, 2.75) is 52.2 Å². The molecule has 1 N–H and O–H groups in total. The number of halogens is 1. The zero-order valence-corrected chi connectivity index (χ0v) is 19.8. The van der Waals surface area contributed by atoms with E-state index < -0.39 is 0 Å². The Labute approximate surface area is 197 Å². The molecule has 180 valence electrons. The first-order valence-electron chi connectivity index (χ1n) is 11.8. The summed E-state index contributed by atoms with van der Waals surface area (Å²) in [5.74, 6) is 0.219. The molecule has 3 aromatic rings. The second-order valence-electron chi connectivity index (χ2n) is 8.51. The van der Waals surface area contributed by atoms with Gasteiger partial charge in [0.25, 0.3) is 5.56 Å². The van der Waals surface area contributed by atoms with Gasteiger partial charge in [0.1, 0.15) is 28.5 Å². The molecule has 1 atom stereocenters. The summed E-state index contributed by atoms with van der Waals surface area (Å²) in [4.78, 5) is 31.1. The molecule has 7 nitrogen and oxygen atoms in total. The molecule has 1 aliphatic rings. The van der Waals surface area contributed by atoms with Gasteiger partial charge in [-0.05, 0) is 31.2 Å². The van der Waals surface area contributed by atoms with Crippen molar-refractivity contribution in [2.75, 3.05) is 20.2 Å². The lowest BCUT2D eigenvalue weighted by Crippen LogP contribution is -2.41. The molecule has 0 spiro atoms. The third kappa shape index (κ3) is 4.55. The Hall–Kier alpha value is -3.26. The van der Waals surface area contributed by atoms with Crippen LogP contribution in [0.3, 0.4) is 0 Å². The number of likely N-dealkylation sites (N-methyl/N-ethyl adjacent to an activating group) is 1. The summed E-state index contributed by atoms with van der Waals surface area (Å²) < 4.78 is 27.4. The minimum atomic E-state index is -0.378. The molecular weight excluding hydrogens is 437 g/mol. The summed E-state index contributed by atoms with van der Waals surface area (Å²) in [5.41, 5.74) is 2.34. The molecule has 0 saturated carbocycles. The van der Waals surface area contributed by atoms with Gasteiger partial charge in [0.2, 0.25) is 0 Å². The quantitative estimate of drug-likeness (QED) is 0.360. The smallest absolute Gasteiger partial charge is 0.266 e. The summed E-state index contributed by atoms with van der Waals surface area (Å²) in [6.45, 7) is 4.98. The van der Waals surface area contributed by atoms with Gasteiger partial charge in [0.05, 0.1) is 13.2 Å². The van der Waals surface area contributed by atoms with Crippen molar-refractivity contribution < 1.29 is 18.7 Å². The summed E-state index contributed by atoms with van der Waals surface area (Å²) in [5, 5.41) is 3.10. The van der Waals surface area contributed by atoms with E-state index in [1.165, 1.54) is 12.1 Å². The molecular formula is C26H30FN3O4. The van der Waals surface area contributed by atoms with E-state index in [2.05, 4.69) is 10.3 Å². The Kier molecular flexibility index (Phi) is 7.26. The average Bonchev–Trinajstić information content (AvgIpc) is 2.84. The topological polar surface area (TPSA) is 82.5 Å². The maximum absolute atomic E-state index is 13.6. The Bertz CT molecular complexity index is 1250. The standard InChI is InChI=1S/C26H30FN3O4/c1-4-6-11-33-25-21(20(31)5-2)26(32)30-15-19(14-28-3)34-24-17(13-29-22(25)23(24)30)12-16-7-9-18(27)10-8-16/h7-10,13,19,28H,4-6,11-12,14-15H2,1-3H3/t19-/m0/s1. The van der Waals surface area contributed by atoms with Crippen molar-refractivity contribution >= 4 is 16.8 Å². The first-order chi connectivity index (χ1) is 16.5. The molecule has 0 amide bonds. The van der Waals surface area contributed by atoms with Gasteiger partial charge >= 0.3 is 0 Å². The molecule has 4 rings (SSSR count). The molecule has 3 heterocycles. The molecule has 2 aromatic heterocycles. The summed E-state index contributed by atoms with van der Waals surface area (Å²) in [6.07, 6.45) is 3.76. The largest absolute Gasteiger partial charge is 0.490 e. The zero-order chi connectivity index (χ0) is 24.2. The van der Waals surface area contributed by atoms with Crippen LogP contribution in [0.25, 0.3) is 11.0 Å². The monoisotopic (exact) mass is 467 g/mol. The van der Waals surface area contributed by atoms with Crippen molar-refractivity contribution in [1.29, 1.82) is 0 Å². The number of hydrogen-bond acceptors (Lipinski definition) is 6. The van der Waals surface area contributed by atoms with Crippen LogP contribution in [0, 0.1) is 5.82 Å². The first kappa shape index (κ1) is 23.9. The zero-order valence-electron chi connectivity index (χ0n) is 19.8. The molecule has 0 bridgehead atoms. The summed E-state index contributed by atoms with van der Waals surface area (Å²) in [7, 11) is 1.82. The van der Waals surface area contributed by atoms with Crippen LogP contribution in [0.5, 0.6) is 11.5 Å². The van der Waals surface area contributed by atoms with Gasteiger partial charge in [-0.1, -0.05) is 32.4 Å². The lowest BCUT2D eigenvalue weighted by atomic mass is 10.0. The van der Waals surface area contributed by atoms with Crippen molar-refractivity contribution in [3.05, 3.63) is 63.3 Å². The second-order valence-corrected chi connectivity index (χ2v) is 8.51. The Morgan fingerprint density at radius 3 is 2.74 bits per heavy atom. The Morgan fingerprint density at radius 2 is 2.06 bits per heavy atom. The molecule has 1 aliphatic heterocycles. The number of ether oxygens (including phenoxy) is 2. The highest BCUT2D eigenvalue weighted by Crippen LogP contribution is 2.38. The molecule has 0 fully saturated rings. The van der Waals surface area contributed by atoms with Crippen LogP contribution in [0.2, 0.25) is 0 Å². The van der Waals surface area contributed by atoms with Crippen LogP contribution in [0.4, 0.5) is 4.39 Å². The van der Waals surface area contributed by atoms with Gasteiger partial charge in [-0.3, -0.25) is 19.1 Å². The fraction of sp³-hybridized carbons (Fsp3) is 0.423. The number of rotatable bonds is 10. The van der Waals surface area contributed by atoms with Crippen molar-refractivity contribution in [3.63, 3.8) is 0 Å². The minimum absolute atomic E-state index is 0.0564. The lowest BCUT2D eigenvalue weighted by Gasteiger charge is -2.30. The van der Waals surface area contributed by atoms with Gasteiger partial charge in [-0.2, -0.15) is 0 Å². The number of carbonyl (C=O) groups is 1. The van der Waals surface area contributed by atoms with E-state index in [9.17, 15) is 14.0 Å². The number of unbranched alkanes of at least 4 members (excludes halogenated alkanes) is 1. The van der Waals surface area contributed by atoms with Crippen molar-refractivity contribution in [3.8, 4) is 11.5 Å². The van der Waals surface area contributed by atoms with Gasteiger partial charge in [0, 0.05) is 31.1 Å². The van der Waals surface area contributed by atoms with Crippen molar-refractivity contribution in [2.24, 2.45) is 0 Å². The van der Waals surface area contributed by atoms with Crippen LogP contribution in [0.1, 0.15) is 54.6 Å². The van der Waals surface area contributed by atoms with Crippen LogP contribution in [0.15, 0.2) is 35.3 Å². The lowest BCUT2D eigenvalue weighted by molar-refractivity contribution is 0.0980. The third-order valence-electron chi connectivity index (χ3n) is 6.01. The van der Waals surface area contributed by atoms with Crippen LogP contribution in [-0.4, -0.2) is 41.6 Å². The highest BCUT2D eigenvalue weighted by molar-refractivity contribution is 6.03. The van der Waals surface area contributed by atoms with Crippen molar-refractivity contribution in [1.82, 2.24) is 14.9 Å². The number of benzene rings is 1. The van der Waals surface area contributed by atoms with E-state index in [4.69, 9.17) is 9.47 Å². The number of carbonyl (C=O) groups excluding carboxylic acids is 1. The van der Waals surface area contributed by atoms with E-state index in [1.54, 1.807) is 29.8 Å². The number of hydrogen-bond donors (Lipinski definition) is 1. The predicted octanol–water partition coefficient (Wildman–Crippen LogP) is 3.88. The Morgan fingerprint density at radius 1 is 1.29 bits per heavy atom. The van der Waals surface area contributed by atoms with E-state index >= 15 is 0 Å². The van der Waals surface area contributed by atoms with E-state index in [0.717, 1.165) is 24.0 Å². The Balaban J connectivity index is 1.94. The predicted molar refractivity (Wildman–Crippen MR) is 129 cm³/mol. The SMILES string of the molecule is CCCCOc1c(C(=O)CC)c(=O)n2c3c(c(Cc4ccc(F)cc4)cnc13)O[C@@H](CNC)C2. The number of nitrogens with one attached hydrogen (secondary N) is 1. The van der Waals surface area contributed by atoms with Crippen LogP contribution < -0.4 is 20.3 Å². The van der Waals surface area contributed by atoms with E-state index in [0.29, 0.717) is 42.9 Å². The van der Waals surface area contributed by atoms with Gasteiger partial charge in [-0.15, -0.1) is 0 Å². The van der Waals surface area contributed by atoms with Crippen LogP contribution in [-0.2, 0) is 13.0 Å². The fourth-order valence-electron chi connectivity index (χ4n) is 4.27. The molecule has 0 aliphatic carbocycles. The number of nitrogens with zero attached hydrogens (tertiary/aromatic N) is 2. The van der Waals surface area contributed by atoms with E-state index in [-0.39, 0.29) is 41.0 Å². The van der Waals surface area contributed by atoms with Gasteiger partial charge in [-0.25, -0.2) is 4.39 Å². The highest BCUT2D eigenvalue weighted by atomic mass is 19.1. The minimum Gasteiger partial charge on any atom is -0.490 e. The number of ketones is 1. The third-order valence-corrected chi connectivity index (χ3v) is 6.01. The van der Waals surface area contributed by atoms with E-state index in [1.807, 2.05) is 14.0 Å². The molecule has 0 saturated heterocycles. The maximum atomic E-state index is 13.6. The highest BCUT2D eigenvalue weighted by Gasteiger charge is 2.31. The summed E-state index contributed by atoms with van der Waals surface area (Å²) in [6, 6.07) is 6.27. The number of Topliss-reactive ketones (excluding diaryl/α,β-unsaturated/α-hetero) is 1. The molecule has 1 aromatic carbocycles. The average molecular weight is 468 g/mol. The first-order valence-corrected chi connectivity index (χ1v) is 11.8. The van der Waals surface area contributed by atoms with Crippen LogP contribution >= 0.6 is 0 Å². The summed E-state index contributed by atoms with van der Waals surface area (Å²) >= 11 is 0.